The van der Waals surface area contributed by atoms with Crippen LogP contribution in [0.15, 0.2) is 47.8 Å². The lowest BCUT2D eigenvalue weighted by Crippen LogP contribution is -2.23. The van der Waals surface area contributed by atoms with Gasteiger partial charge < -0.3 is 10.4 Å². The number of amides is 1. The number of rotatable bonds is 6. The molecule has 6 nitrogen and oxygen atoms in total. The summed E-state index contributed by atoms with van der Waals surface area (Å²) >= 11 is 2.91. The molecule has 0 aliphatic rings. The number of thiophene rings is 2. The molecule has 8 heteroatoms. The van der Waals surface area contributed by atoms with Crippen molar-refractivity contribution in [2.75, 3.05) is 0 Å². The van der Waals surface area contributed by atoms with E-state index >= 15 is 0 Å². The second-order valence-corrected chi connectivity index (χ2v) is 7.79. The van der Waals surface area contributed by atoms with Crippen LogP contribution >= 0.6 is 22.7 Å². The predicted octanol–water partition coefficient (Wildman–Crippen LogP) is 4.04. The molecule has 0 bridgehead atoms. The van der Waals surface area contributed by atoms with E-state index in [2.05, 4.69) is 5.32 Å². The third kappa shape index (κ3) is 3.82. The van der Waals surface area contributed by atoms with Crippen molar-refractivity contribution in [3.63, 3.8) is 0 Å². The first-order valence-corrected chi connectivity index (χ1v) is 9.49. The van der Waals surface area contributed by atoms with E-state index in [1.54, 1.807) is 13.0 Å². The Morgan fingerprint density at radius 1 is 1.23 bits per heavy atom. The number of carbonyl (C=O) groups excluding carboxylic acids is 1. The summed E-state index contributed by atoms with van der Waals surface area (Å²) in [4.78, 5) is 25.4. The van der Waals surface area contributed by atoms with Crippen LogP contribution in [-0.4, -0.2) is 15.9 Å². The zero-order chi connectivity index (χ0) is 18.7. The number of hydrogen-bond donors (Lipinski definition) is 2. The average Bonchev–Trinajstić information content (AvgIpc) is 3.31. The monoisotopic (exact) mass is 388 g/mol. The Kier molecular flexibility index (Phi) is 5.46. The van der Waals surface area contributed by atoms with E-state index in [1.165, 1.54) is 34.8 Å². The van der Waals surface area contributed by atoms with Crippen LogP contribution < -0.4 is 5.32 Å². The van der Waals surface area contributed by atoms with E-state index in [0.717, 1.165) is 14.6 Å². The summed E-state index contributed by atoms with van der Waals surface area (Å²) in [6.45, 7) is 1.86. The van der Waals surface area contributed by atoms with Gasteiger partial charge in [-0.3, -0.25) is 14.9 Å². The summed E-state index contributed by atoms with van der Waals surface area (Å²) in [5.41, 5.74) is 0.555. The maximum absolute atomic E-state index is 12.4. The van der Waals surface area contributed by atoms with Crippen molar-refractivity contribution in [1.29, 1.82) is 0 Å². The van der Waals surface area contributed by atoms with Crippen LogP contribution in [0, 0.1) is 17.0 Å². The van der Waals surface area contributed by atoms with Crippen LogP contribution in [0.3, 0.4) is 0 Å². The van der Waals surface area contributed by atoms with Crippen LogP contribution in [0.2, 0.25) is 0 Å². The van der Waals surface area contributed by atoms with Crippen molar-refractivity contribution < 1.29 is 14.8 Å². The van der Waals surface area contributed by atoms with Gasteiger partial charge >= 0.3 is 0 Å². The lowest BCUT2D eigenvalue weighted by atomic mass is 10.1. The highest BCUT2D eigenvalue weighted by molar-refractivity contribution is 7.12. The number of hydrogen-bond acceptors (Lipinski definition) is 6. The Balaban J connectivity index is 1.67. The number of nitrogens with one attached hydrogen (secondary N) is 1. The van der Waals surface area contributed by atoms with Gasteiger partial charge in [-0.15, -0.1) is 22.7 Å². The molecule has 1 atom stereocenters. The molecule has 0 aliphatic heterocycles. The summed E-state index contributed by atoms with van der Waals surface area (Å²) in [5.74, 6) is -0.361. The highest BCUT2D eigenvalue weighted by atomic mass is 32.1. The second kappa shape index (κ2) is 7.77. The van der Waals surface area contributed by atoms with Gasteiger partial charge in [0.1, 0.15) is 6.10 Å². The number of carbonyl (C=O) groups is 1. The van der Waals surface area contributed by atoms with Gasteiger partial charge in [0, 0.05) is 31.8 Å². The third-order valence-corrected chi connectivity index (χ3v) is 6.00. The third-order valence-electron chi connectivity index (χ3n) is 3.93. The fraction of sp³-hybridized carbons (Fsp3) is 0.167. The molecule has 26 heavy (non-hydrogen) atoms. The van der Waals surface area contributed by atoms with Crippen LogP contribution in [-0.2, 0) is 6.54 Å². The zero-order valence-electron chi connectivity index (χ0n) is 13.8. The highest BCUT2D eigenvalue weighted by Crippen LogP contribution is 2.31. The quantitative estimate of drug-likeness (QED) is 0.492. The molecule has 1 amide bonds. The maximum atomic E-state index is 12.4. The molecular weight excluding hydrogens is 372 g/mol. The first-order chi connectivity index (χ1) is 12.5. The standard InChI is InChI=1S/C18H16N2O4S2/c1-11-13(4-2-5-14(11)20(23)24)18(22)19-10-12-7-8-16(26-12)17(21)15-6-3-9-25-15/h2-9,17,21H,10H2,1H3,(H,19,22). The van der Waals surface area contributed by atoms with Crippen molar-refractivity contribution in [1.82, 2.24) is 5.32 Å². The molecule has 0 aliphatic carbocycles. The fourth-order valence-electron chi connectivity index (χ4n) is 2.55. The average molecular weight is 388 g/mol. The van der Waals surface area contributed by atoms with Gasteiger partial charge in [-0.05, 0) is 36.6 Å². The fourth-order valence-corrected chi connectivity index (χ4v) is 4.31. The second-order valence-electron chi connectivity index (χ2n) is 5.61. The number of nitrogens with zero attached hydrogens (tertiary/aromatic N) is 1. The highest BCUT2D eigenvalue weighted by Gasteiger charge is 2.18. The van der Waals surface area contributed by atoms with Gasteiger partial charge in [-0.25, -0.2) is 0 Å². The van der Waals surface area contributed by atoms with Crippen LogP contribution in [0.25, 0.3) is 0 Å². The molecule has 2 N–H and O–H groups in total. The van der Waals surface area contributed by atoms with Crippen molar-refractivity contribution in [3.05, 3.63) is 83.7 Å². The Morgan fingerprint density at radius 2 is 2.04 bits per heavy atom. The molecule has 1 aromatic carbocycles. The Hall–Kier alpha value is -2.55. The van der Waals surface area contributed by atoms with E-state index in [0.29, 0.717) is 12.1 Å². The summed E-state index contributed by atoms with van der Waals surface area (Å²) in [7, 11) is 0. The smallest absolute Gasteiger partial charge is 0.273 e. The molecule has 0 fully saturated rings. The minimum absolute atomic E-state index is 0.0740. The molecule has 1 unspecified atom stereocenters. The van der Waals surface area contributed by atoms with Gasteiger partial charge in [-0.2, -0.15) is 0 Å². The number of aliphatic hydroxyl groups excluding tert-OH is 1. The predicted molar refractivity (Wildman–Crippen MR) is 102 cm³/mol. The molecule has 0 radical (unpaired) electrons. The first kappa shape index (κ1) is 18.2. The van der Waals surface area contributed by atoms with Crippen molar-refractivity contribution in [2.24, 2.45) is 0 Å². The molecule has 2 heterocycles. The molecule has 2 aromatic heterocycles. The van der Waals surface area contributed by atoms with Crippen molar-refractivity contribution in [2.45, 2.75) is 19.6 Å². The minimum Gasteiger partial charge on any atom is -0.382 e. The Morgan fingerprint density at radius 3 is 2.73 bits per heavy atom. The summed E-state index contributed by atoms with van der Waals surface area (Å²) in [6, 6.07) is 11.9. The molecular formula is C18H16N2O4S2. The lowest BCUT2D eigenvalue weighted by Gasteiger charge is -2.07. The maximum Gasteiger partial charge on any atom is 0.273 e. The minimum atomic E-state index is -0.663. The molecule has 0 spiro atoms. The summed E-state index contributed by atoms with van der Waals surface area (Å²) < 4.78 is 0. The van der Waals surface area contributed by atoms with E-state index in [-0.39, 0.29) is 17.2 Å². The van der Waals surface area contributed by atoms with Crippen molar-refractivity contribution in [3.8, 4) is 0 Å². The normalized spacial score (nSPS) is 11.9. The summed E-state index contributed by atoms with van der Waals surface area (Å²) in [6.07, 6.45) is -0.663. The molecule has 3 rings (SSSR count). The molecule has 0 saturated carbocycles. The molecule has 0 saturated heterocycles. The van der Waals surface area contributed by atoms with Gasteiger partial charge in [0.2, 0.25) is 0 Å². The van der Waals surface area contributed by atoms with Crippen molar-refractivity contribution >= 4 is 34.3 Å². The lowest BCUT2D eigenvalue weighted by molar-refractivity contribution is -0.385. The largest absolute Gasteiger partial charge is 0.382 e. The zero-order valence-corrected chi connectivity index (χ0v) is 15.5. The van der Waals surface area contributed by atoms with E-state index in [1.807, 2.05) is 29.6 Å². The van der Waals surface area contributed by atoms with Gasteiger partial charge in [0.25, 0.3) is 11.6 Å². The number of aliphatic hydroxyl groups is 1. The van der Waals surface area contributed by atoms with Crippen LogP contribution in [0.1, 0.15) is 36.7 Å². The number of nitro groups is 1. The first-order valence-electron chi connectivity index (χ1n) is 7.79. The van der Waals surface area contributed by atoms with E-state index in [4.69, 9.17) is 0 Å². The van der Waals surface area contributed by atoms with Crippen LogP contribution in [0.5, 0.6) is 0 Å². The molecule has 134 valence electrons. The topological polar surface area (TPSA) is 92.5 Å². The number of nitro benzene ring substituents is 1. The van der Waals surface area contributed by atoms with Gasteiger partial charge in [0.15, 0.2) is 0 Å². The van der Waals surface area contributed by atoms with Gasteiger partial charge in [-0.1, -0.05) is 12.1 Å². The van der Waals surface area contributed by atoms with Gasteiger partial charge in [0.05, 0.1) is 11.5 Å². The SMILES string of the molecule is Cc1c(C(=O)NCc2ccc(C(O)c3cccs3)s2)cccc1[N+](=O)[O-]. The number of benzene rings is 1. The van der Waals surface area contributed by atoms with E-state index < -0.39 is 11.0 Å². The summed E-state index contributed by atoms with van der Waals surface area (Å²) in [5, 5.41) is 26.0. The van der Waals surface area contributed by atoms with Crippen LogP contribution in [0.4, 0.5) is 5.69 Å². The molecule has 3 aromatic rings. The Bertz CT molecular complexity index is 935. The Labute approximate surface area is 157 Å². The van der Waals surface area contributed by atoms with E-state index in [9.17, 15) is 20.0 Å².